The first-order chi connectivity index (χ1) is 24.0. The third-order valence-corrected chi connectivity index (χ3v) is 16.1. The summed E-state index contributed by atoms with van der Waals surface area (Å²) in [6.07, 6.45) is 0. The van der Waals surface area contributed by atoms with Crippen molar-refractivity contribution in [1.29, 1.82) is 0 Å². The highest BCUT2D eigenvalue weighted by atomic mass is 35.5. The third kappa shape index (κ3) is 7.02. The van der Waals surface area contributed by atoms with Crippen LogP contribution in [0.5, 0.6) is 11.5 Å². The zero-order chi connectivity index (χ0) is 41.8. The molecule has 300 valence electrons. The van der Waals surface area contributed by atoms with Crippen molar-refractivity contribution in [2.24, 2.45) is 5.41 Å². The molecule has 3 aliphatic heterocycles. The summed E-state index contributed by atoms with van der Waals surface area (Å²) in [5, 5.41) is -1.38. The summed E-state index contributed by atoms with van der Waals surface area (Å²) in [5.74, 6) is 1.95. The summed E-state index contributed by atoms with van der Waals surface area (Å²) >= 11 is 20.2. The first-order valence-corrected chi connectivity index (χ1v) is 20.6. The summed E-state index contributed by atoms with van der Waals surface area (Å²) in [4.78, 5) is -0.451. The Balaban J connectivity index is 0.000000180. The van der Waals surface area contributed by atoms with Gasteiger partial charge in [-0.3, -0.25) is 0 Å². The smallest absolute Gasteiger partial charge is 0.185 e. The van der Waals surface area contributed by atoms with E-state index < -0.39 is 20.6 Å². The molecule has 0 saturated heterocycles. The number of alkyl halides is 3. The Morgan fingerprint density at radius 2 is 0.889 bits per heavy atom. The SMILES string of the molecule is Cc1cc(C)c2c(c1)C(C)(C)C(C)(C)C(C)(Cl)O2.Cc1cc(C)c2c(c1)C(C)(C)OC(C)(Cl)C2(C)C.Cc1cc(C)c2c(c1)OC(C)(C)C(C)(Cl)C2(C)C. The van der Waals surface area contributed by atoms with E-state index in [1.807, 2.05) is 13.8 Å². The van der Waals surface area contributed by atoms with Crippen LogP contribution in [0.3, 0.4) is 0 Å². The number of hydrogen-bond donors (Lipinski definition) is 0. The minimum Gasteiger partial charge on any atom is -0.486 e. The average molecular weight is 800 g/mol. The van der Waals surface area contributed by atoms with Gasteiger partial charge >= 0.3 is 0 Å². The second kappa shape index (κ2) is 13.6. The van der Waals surface area contributed by atoms with Gasteiger partial charge in [0.15, 0.2) is 5.06 Å². The Kier molecular flexibility index (Phi) is 11.3. The van der Waals surface area contributed by atoms with E-state index in [1.54, 1.807) is 0 Å². The minimum absolute atomic E-state index is 0.0339. The summed E-state index contributed by atoms with van der Waals surface area (Å²) in [6, 6.07) is 13.2. The lowest BCUT2D eigenvalue weighted by Gasteiger charge is -2.54. The third-order valence-electron chi connectivity index (χ3n) is 14.1. The largest absolute Gasteiger partial charge is 0.486 e. The highest BCUT2D eigenvalue weighted by Gasteiger charge is 2.58. The molecule has 0 bridgehead atoms. The standard InChI is InChI=1S/3C16H23ClO/c1-10-8-11(2)13-12(9-10)18-15(5,6)16(7,17)14(13,3)4;1-10-8-11(2)13-12(9-10)15(5,6)18-16(7,17)14(13,3)4;1-10-8-11(2)13-12(9-10)14(3,4)15(5,6)16(7,17)18-13/h3*8-9H,1-7H3. The molecule has 0 aromatic heterocycles. The fraction of sp³-hybridized carbons (Fsp3) is 0.625. The molecule has 0 aliphatic carbocycles. The van der Waals surface area contributed by atoms with Gasteiger partial charge in [-0.1, -0.05) is 120 Å². The zero-order valence-corrected chi connectivity index (χ0v) is 39.6. The molecular weight excluding hydrogens is 731 g/mol. The molecule has 3 aromatic rings. The molecule has 0 radical (unpaired) electrons. The number of halogens is 3. The van der Waals surface area contributed by atoms with Crippen LogP contribution >= 0.6 is 34.8 Å². The summed E-state index contributed by atoms with van der Waals surface area (Å²) in [6.45, 7) is 44.8. The van der Waals surface area contributed by atoms with Crippen molar-refractivity contribution < 1.29 is 14.2 Å². The molecule has 0 spiro atoms. The molecule has 3 nitrogen and oxygen atoms in total. The highest BCUT2D eigenvalue weighted by molar-refractivity contribution is 6.26. The lowest BCUT2D eigenvalue weighted by atomic mass is 9.59. The van der Waals surface area contributed by atoms with Gasteiger partial charge in [0.2, 0.25) is 0 Å². The van der Waals surface area contributed by atoms with Crippen molar-refractivity contribution in [2.75, 3.05) is 0 Å². The number of hydrogen-bond acceptors (Lipinski definition) is 3. The lowest BCUT2D eigenvalue weighted by Crippen LogP contribution is -2.61. The average Bonchev–Trinajstić information content (AvgIpc) is 2.95. The fourth-order valence-corrected chi connectivity index (χ4v) is 9.83. The van der Waals surface area contributed by atoms with Crippen LogP contribution in [0.1, 0.15) is 159 Å². The normalized spacial score (nSPS) is 28.6. The highest BCUT2D eigenvalue weighted by Crippen LogP contribution is 2.59. The van der Waals surface area contributed by atoms with Gasteiger partial charge in [0.1, 0.15) is 22.2 Å². The second-order valence-corrected chi connectivity index (χ2v) is 22.3. The Morgan fingerprint density at radius 1 is 0.444 bits per heavy atom. The molecule has 3 heterocycles. The zero-order valence-electron chi connectivity index (χ0n) is 37.3. The van der Waals surface area contributed by atoms with Crippen molar-refractivity contribution >= 4 is 34.8 Å². The molecule has 0 saturated carbocycles. The Morgan fingerprint density at radius 3 is 1.41 bits per heavy atom. The van der Waals surface area contributed by atoms with Gasteiger partial charge in [0, 0.05) is 32.8 Å². The molecule has 3 atom stereocenters. The maximum Gasteiger partial charge on any atom is 0.185 e. The van der Waals surface area contributed by atoms with Crippen LogP contribution in [-0.4, -0.2) is 20.6 Å². The molecule has 54 heavy (non-hydrogen) atoms. The van der Waals surface area contributed by atoms with E-state index in [0.29, 0.717) is 0 Å². The predicted molar refractivity (Wildman–Crippen MR) is 233 cm³/mol. The van der Waals surface area contributed by atoms with Crippen LogP contribution in [0.4, 0.5) is 0 Å². The second-order valence-electron chi connectivity index (χ2n) is 20.1. The first kappa shape index (κ1) is 44.8. The summed E-state index contributed by atoms with van der Waals surface area (Å²) < 4.78 is 18.5. The number of rotatable bonds is 0. The van der Waals surface area contributed by atoms with Gasteiger partial charge in [0.25, 0.3) is 0 Å². The lowest BCUT2D eigenvalue weighted by molar-refractivity contribution is -0.137. The molecule has 0 amide bonds. The monoisotopic (exact) mass is 798 g/mol. The van der Waals surface area contributed by atoms with Crippen LogP contribution in [0.2, 0.25) is 0 Å². The van der Waals surface area contributed by atoms with Crippen LogP contribution in [0, 0.1) is 47.0 Å². The van der Waals surface area contributed by atoms with Gasteiger partial charge in [-0.25, -0.2) is 0 Å². The number of fused-ring (bicyclic) bond motifs is 3. The molecule has 3 unspecified atom stereocenters. The van der Waals surface area contributed by atoms with Gasteiger partial charge in [-0.2, -0.15) is 0 Å². The molecular formula is C48H69Cl3O3. The quantitative estimate of drug-likeness (QED) is 0.212. The van der Waals surface area contributed by atoms with E-state index in [0.717, 1.165) is 11.5 Å². The van der Waals surface area contributed by atoms with Crippen LogP contribution in [-0.2, 0) is 26.6 Å². The van der Waals surface area contributed by atoms with Crippen LogP contribution in [0.15, 0.2) is 36.4 Å². The summed E-state index contributed by atoms with van der Waals surface area (Å²) in [5.41, 5.74) is 11.3. The van der Waals surface area contributed by atoms with Crippen molar-refractivity contribution in [2.45, 2.75) is 188 Å². The Labute approximate surface area is 344 Å². The molecule has 6 heteroatoms. The van der Waals surface area contributed by atoms with Gasteiger partial charge in [0.05, 0.1) is 10.5 Å². The molecule has 3 aliphatic rings. The van der Waals surface area contributed by atoms with Gasteiger partial charge < -0.3 is 14.2 Å². The number of ether oxygens (including phenoxy) is 3. The van der Waals surface area contributed by atoms with Crippen LogP contribution < -0.4 is 9.47 Å². The molecule has 0 fully saturated rings. The number of aryl methyl sites for hydroxylation is 6. The summed E-state index contributed by atoms with van der Waals surface area (Å²) in [7, 11) is 0. The topological polar surface area (TPSA) is 27.7 Å². The van der Waals surface area contributed by atoms with Crippen LogP contribution in [0.25, 0.3) is 0 Å². The van der Waals surface area contributed by atoms with E-state index in [1.165, 1.54) is 55.6 Å². The number of benzene rings is 3. The Bertz CT molecular complexity index is 1940. The van der Waals surface area contributed by atoms with E-state index in [2.05, 4.69) is 168 Å². The molecule has 6 rings (SSSR count). The predicted octanol–water partition coefficient (Wildman–Crippen LogP) is 14.5. The first-order valence-electron chi connectivity index (χ1n) is 19.5. The maximum absolute atomic E-state index is 6.87. The fourth-order valence-electron chi connectivity index (χ4n) is 9.09. The maximum atomic E-state index is 6.87. The van der Waals surface area contributed by atoms with Crippen molar-refractivity contribution in [3.63, 3.8) is 0 Å². The van der Waals surface area contributed by atoms with E-state index in [-0.39, 0.29) is 27.3 Å². The van der Waals surface area contributed by atoms with Crippen molar-refractivity contribution in [1.82, 2.24) is 0 Å². The van der Waals surface area contributed by atoms with Crippen molar-refractivity contribution in [3.05, 3.63) is 92.0 Å². The molecule has 3 aromatic carbocycles. The van der Waals surface area contributed by atoms with Gasteiger partial charge in [-0.05, 0) is 129 Å². The molecule has 0 N–H and O–H groups in total. The van der Waals surface area contributed by atoms with Crippen molar-refractivity contribution in [3.8, 4) is 11.5 Å². The van der Waals surface area contributed by atoms with Gasteiger partial charge in [-0.15, -0.1) is 11.6 Å². The Hall–Kier alpha value is -1.91. The van der Waals surface area contributed by atoms with E-state index in [9.17, 15) is 0 Å². The van der Waals surface area contributed by atoms with E-state index >= 15 is 0 Å². The van der Waals surface area contributed by atoms with E-state index in [4.69, 9.17) is 49.0 Å². The minimum atomic E-state index is -0.691.